The quantitative estimate of drug-likeness (QED) is 0.835. The molecule has 1 aromatic rings. The molecule has 1 saturated carbocycles. The number of hydrogen-bond donors (Lipinski definition) is 2. The lowest BCUT2D eigenvalue weighted by molar-refractivity contribution is -0.133. The highest BCUT2D eigenvalue weighted by Crippen LogP contribution is 2.26. The Hall–Kier alpha value is -1.40. The Morgan fingerprint density at radius 3 is 2.70 bits per heavy atom. The lowest BCUT2D eigenvalue weighted by Crippen LogP contribution is -2.51. The van der Waals surface area contributed by atoms with E-state index >= 15 is 0 Å². The number of rotatable bonds is 6. The van der Waals surface area contributed by atoms with E-state index in [0.717, 1.165) is 19.3 Å². The third-order valence-electron chi connectivity index (χ3n) is 4.47. The Balaban J connectivity index is 1.98. The number of aliphatic hydroxyl groups excluding tert-OH is 1. The smallest absolute Gasteiger partial charge is 0.262 e. The normalized spacial score (nSPS) is 22.1. The number of nitrogens with one attached hydrogen (secondary N) is 1. The fourth-order valence-electron chi connectivity index (χ4n) is 3.04. The standard InChI is InChI=1S/C17H26N2O3S/c1-11(2)15(18-16(21)14-8-5-9-23-14)17(22)19(3)10-12-6-4-7-13(12)20/h5,8-9,11-13,15,20H,4,6-7,10H2,1-3H3,(H,18,21). The van der Waals surface area contributed by atoms with Crippen LogP contribution in [0.4, 0.5) is 0 Å². The van der Waals surface area contributed by atoms with Gasteiger partial charge in [-0.1, -0.05) is 26.3 Å². The van der Waals surface area contributed by atoms with E-state index in [1.165, 1.54) is 11.3 Å². The van der Waals surface area contributed by atoms with Crippen LogP contribution in [0.5, 0.6) is 0 Å². The van der Waals surface area contributed by atoms with E-state index in [9.17, 15) is 14.7 Å². The maximum absolute atomic E-state index is 12.7. The van der Waals surface area contributed by atoms with E-state index in [1.807, 2.05) is 25.3 Å². The molecule has 3 atom stereocenters. The van der Waals surface area contributed by atoms with Crippen LogP contribution in [-0.4, -0.2) is 47.6 Å². The van der Waals surface area contributed by atoms with Crippen molar-refractivity contribution in [3.05, 3.63) is 22.4 Å². The van der Waals surface area contributed by atoms with Gasteiger partial charge in [0.1, 0.15) is 6.04 Å². The molecule has 0 spiro atoms. The van der Waals surface area contributed by atoms with E-state index in [4.69, 9.17) is 0 Å². The van der Waals surface area contributed by atoms with Gasteiger partial charge < -0.3 is 15.3 Å². The Kier molecular flexibility index (Phi) is 6.18. The summed E-state index contributed by atoms with van der Waals surface area (Å²) in [5, 5.41) is 14.6. The summed E-state index contributed by atoms with van der Waals surface area (Å²) in [5.41, 5.74) is 0. The second-order valence-electron chi connectivity index (χ2n) is 6.65. The summed E-state index contributed by atoms with van der Waals surface area (Å²) in [6.07, 6.45) is 2.46. The van der Waals surface area contributed by atoms with Crippen LogP contribution in [0.15, 0.2) is 17.5 Å². The zero-order valence-electron chi connectivity index (χ0n) is 14.0. The molecular weight excluding hydrogens is 312 g/mol. The van der Waals surface area contributed by atoms with Crippen LogP contribution in [-0.2, 0) is 4.79 Å². The van der Waals surface area contributed by atoms with Gasteiger partial charge in [0.25, 0.3) is 5.91 Å². The first-order valence-electron chi connectivity index (χ1n) is 8.17. The van der Waals surface area contributed by atoms with Gasteiger partial charge >= 0.3 is 0 Å². The van der Waals surface area contributed by atoms with Crippen molar-refractivity contribution in [2.45, 2.75) is 45.3 Å². The summed E-state index contributed by atoms with van der Waals surface area (Å²) in [6.45, 7) is 4.39. The molecule has 23 heavy (non-hydrogen) atoms. The first-order chi connectivity index (χ1) is 10.9. The number of amides is 2. The molecule has 1 fully saturated rings. The van der Waals surface area contributed by atoms with Crippen LogP contribution in [0.1, 0.15) is 42.8 Å². The molecule has 6 heteroatoms. The average Bonchev–Trinajstić information content (AvgIpc) is 3.16. The first-order valence-corrected chi connectivity index (χ1v) is 9.05. The highest BCUT2D eigenvalue weighted by Gasteiger charge is 2.31. The molecule has 128 valence electrons. The molecule has 2 amide bonds. The van der Waals surface area contributed by atoms with E-state index in [1.54, 1.807) is 18.0 Å². The number of carbonyl (C=O) groups is 2. The largest absolute Gasteiger partial charge is 0.393 e. The van der Waals surface area contributed by atoms with Crippen LogP contribution in [0.3, 0.4) is 0 Å². The molecule has 1 aliphatic carbocycles. The molecule has 1 heterocycles. The average molecular weight is 338 g/mol. The minimum atomic E-state index is -0.548. The lowest BCUT2D eigenvalue weighted by Gasteiger charge is -2.29. The molecule has 0 radical (unpaired) electrons. The van der Waals surface area contributed by atoms with E-state index < -0.39 is 6.04 Å². The highest BCUT2D eigenvalue weighted by molar-refractivity contribution is 7.12. The monoisotopic (exact) mass is 338 g/mol. The van der Waals surface area contributed by atoms with Gasteiger partial charge in [-0.05, 0) is 30.2 Å². The molecule has 2 rings (SSSR count). The maximum Gasteiger partial charge on any atom is 0.262 e. The number of carbonyl (C=O) groups excluding carboxylic acids is 2. The first kappa shape index (κ1) is 17.9. The SMILES string of the molecule is CC(C)C(NC(=O)c1cccs1)C(=O)N(C)CC1CCCC1O. The maximum atomic E-state index is 12.7. The number of aliphatic hydroxyl groups is 1. The van der Waals surface area contributed by atoms with Crippen molar-refractivity contribution in [2.24, 2.45) is 11.8 Å². The predicted octanol–water partition coefficient (Wildman–Crippen LogP) is 2.12. The van der Waals surface area contributed by atoms with Gasteiger partial charge in [0.2, 0.25) is 5.91 Å². The minimum Gasteiger partial charge on any atom is -0.393 e. The fourth-order valence-corrected chi connectivity index (χ4v) is 3.67. The Morgan fingerprint density at radius 2 is 2.17 bits per heavy atom. The predicted molar refractivity (Wildman–Crippen MR) is 91.4 cm³/mol. The molecule has 3 unspecified atom stereocenters. The van der Waals surface area contributed by atoms with Crippen molar-refractivity contribution < 1.29 is 14.7 Å². The Labute approximate surface area is 141 Å². The van der Waals surface area contributed by atoms with Gasteiger partial charge in [0, 0.05) is 19.5 Å². The zero-order valence-corrected chi connectivity index (χ0v) is 14.8. The number of likely N-dealkylation sites (N-methyl/N-ethyl adjacent to an activating group) is 1. The second-order valence-corrected chi connectivity index (χ2v) is 7.60. The van der Waals surface area contributed by atoms with Crippen molar-refractivity contribution in [1.29, 1.82) is 0 Å². The van der Waals surface area contributed by atoms with Crippen molar-refractivity contribution in [1.82, 2.24) is 10.2 Å². The summed E-state index contributed by atoms with van der Waals surface area (Å²) < 4.78 is 0. The molecule has 1 aromatic heterocycles. The van der Waals surface area contributed by atoms with E-state index in [0.29, 0.717) is 11.4 Å². The van der Waals surface area contributed by atoms with Crippen LogP contribution in [0.25, 0.3) is 0 Å². The van der Waals surface area contributed by atoms with Crippen LogP contribution in [0.2, 0.25) is 0 Å². The number of thiophene rings is 1. The van der Waals surface area contributed by atoms with Crippen LogP contribution >= 0.6 is 11.3 Å². The van der Waals surface area contributed by atoms with Crippen molar-refractivity contribution >= 4 is 23.2 Å². The third kappa shape index (κ3) is 4.54. The molecule has 0 bridgehead atoms. The highest BCUT2D eigenvalue weighted by atomic mass is 32.1. The summed E-state index contributed by atoms with van der Waals surface area (Å²) in [4.78, 5) is 27.2. The van der Waals surface area contributed by atoms with Crippen LogP contribution < -0.4 is 5.32 Å². The van der Waals surface area contributed by atoms with Gasteiger partial charge in [-0.2, -0.15) is 0 Å². The van der Waals surface area contributed by atoms with Gasteiger partial charge in [-0.25, -0.2) is 0 Å². The van der Waals surface area contributed by atoms with Crippen molar-refractivity contribution in [2.75, 3.05) is 13.6 Å². The molecule has 5 nitrogen and oxygen atoms in total. The molecule has 1 aliphatic rings. The summed E-state index contributed by atoms with van der Waals surface area (Å²) in [5.74, 6) is -0.155. The summed E-state index contributed by atoms with van der Waals surface area (Å²) in [6, 6.07) is 3.02. The van der Waals surface area contributed by atoms with E-state index in [-0.39, 0.29) is 29.8 Å². The minimum absolute atomic E-state index is 0.00219. The van der Waals surface area contributed by atoms with Crippen molar-refractivity contribution in [3.63, 3.8) is 0 Å². The van der Waals surface area contributed by atoms with Gasteiger partial charge in [0.15, 0.2) is 0 Å². The van der Waals surface area contributed by atoms with Gasteiger partial charge in [0.05, 0.1) is 11.0 Å². The number of hydrogen-bond acceptors (Lipinski definition) is 4. The zero-order chi connectivity index (χ0) is 17.0. The Morgan fingerprint density at radius 1 is 1.43 bits per heavy atom. The van der Waals surface area contributed by atoms with E-state index in [2.05, 4.69) is 5.32 Å². The van der Waals surface area contributed by atoms with Crippen LogP contribution in [0, 0.1) is 11.8 Å². The second kappa shape index (κ2) is 7.93. The molecular formula is C17H26N2O3S. The third-order valence-corrected chi connectivity index (χ3v) is 5.34. The molecule has 0 aromatic carbocycles. The summed E-state index contributed by atoms with van der Waals surface area (Å²) >= 11 is 1.36. The lowest BCUT2D eigenvalue weighted by atomic mass is 10.0. The Bertz CT molecular complexity index is 530. The molecule has 2 N–H and O–H groups in total. The summed E-state index contributed by atoms with van der Waals surface area (Å²) in [7, 11) is 1.75. The molecule has 0 aliphatic heterocycles. The topological polar surface area (TPSA) is 69.6 Å². The molecule has 0 saturated heterocycles. The fraction of sp³-hybridized carbons (Fsp3) is 0.647. The van der Waals surface area contributed by atoms with Gasteiger partial charge in [-0.15, -0.1) is 11.3 Å². The van der Waals surface area contributed by atoms with Crippen molar-refractivity contribution in [3.8, 4) is 0 Å². The number of nitrogens with zero attached hydrogens (tertiary/aromatic N) is 1. The van der Waals surface area contributed by atoms with Gasteiger partial charge in [-0.3, -0.25) is 9.59 Å².